The van der Waals surface area contributed by atoms with Crippen LogP contribution >= 0.6 is 0 Å². The molecule has 0 saturated carbocycles. The third kappa shape index (κ3) is 6.97. The van der Waals surface area contributed by atoms with E-state index in [1.165, 1.54) is 12.8 Å². The molecule has 0 aromatic heterocycles. The van der Waals surface area contributed by atoms with E-state index in [1.807, 2.05) is 24.3 Å². The summed E-state index contributed by atoms with van der Waals surface area (Å²) >= 11 is 0. The minimum absolute atomic E-state index is 0.102. The maximum atomic E-state index is 11.7. The van der Waals surface area contributed by atoms with Gasteiger partial charge in [0.25, 0.3) is 0 Å². The number of rotatable bonds is 8. The third-order valence-corrected chi connectivity index (χ3v) is 3.15. The highest BCUT2D eigenvalue weighted by molar-refractivity contribution is 5.78. The molecule has 1 aromatic rings. The molecule has 0 aliphatic rings. The fourth-order valence-electron chi connectivity index (χ4n) is 1.95. The van der Waals surface area contributed by atoms with E-state index in [0.29, 0.717) is 13.0 Å². The van der Waals surface area contributed by atoms with Crippen LogP contribution in [0.4, 0.5) is 0 Å². The first-order valence-corrected chi connectivity index (χ1v) is 7.16. The number of benzene rings is 1. The molecule has 106 valence electrons. The SMILES string of the molecule is CC(C)CCCCNC(=O)Cc1ccc(CN)cc1. The van der Waals surface area contributed by atoms with Gasteiger partial charge < -0.3 is 11.1 Å². The Kier molecular flexibility index (Phi) is 7.19. The predicted octanol–water partition coefficient (Wildman–Crippen LogP) is 2.63. The highest BCUT2D eigenvalue weighted by Crippen LogP contribution is 2.06. The molecule has 0 bridgehead atoms. The van der Waals surface area contributed by atoms with Crippen LogP contribution in [0.15, 0.2) is 24.3 Å². The Bertz CT molecular complexity index is 371. The van der Waals surface area contributed by atoms with Gasteiger partial charge in [-0.25, -0.2) is 0 Å². The molecule has 19 heavy (non-hydrogen) atoms. The van der Waals surface area contributed by atoms with E-state index in [1.54, 1.807) is 0 Å². The number of nitrogens with one attached hydrogen (secondary N) is 1. The zero-order chi connectivity index (χ0) is 14.1. The van der Waals surface area contributed by atoms with Crippen LogP contribution in [-0.4, -0.2) is 12.5 Å². The van der Waals surface area contributed by atoms with Gasteiger partial charge in [-0.15, -0.1) is 0 Å². The van der Waals surface area contributed by atoms with E-state index in [4.69, 9.17) is 5.73 Å². The Balaban J connectivity index is 2.19. The molecule has 0 saturated heterocycles. The molecule has 3 heteroatoms. The van der Waals surface area contributed by atoms with E-state index in [-0.39, 0.29) is 5.91 Å². The van der Waals surface area contributed by atoms with Crippen LogP contribution in [0.2, 0.25) is 0 Å². The lowest BCUT2D eigenvalue weighted by atomic mass is 10.1. The minimum Gasteiger partial charge on any atom is -0.356 e. The standard InChI is InChI=1S/C16H26N2O/c1-13(2)5-3-4-10-18-16(19)11-14-6-8-15(12-17)9-7-14/h6-9,13H,3-5,10-12,17H2,1-2H3,(H,18,19). The fourth-order valence-corrected chi connectivity index (χ4v) is 1.95. The largest absolute Gasteiger partial charge is 0.356 e. The smallest absolute Gasteiger partial charge is 0.224 e. The summed E-state index contributed by atoms with van der Waals surface area (Å²) in [6, 6.07) is 7.90. The van der Waals surface area contributed by atoms with Crippen molar-refractivity contribution >= 4 is 5.91 Å². The summed E-state index contributed by atoms with van der Waals surface area (Å²) in [5.41, 5.74) is 7.67. The summed E-state index contributed by atoms with van der Waals surface area (Å²) in [7, 11) is 0. The lowest BCUT2D eigenvalue weighted by molar-refractivity contribution is -0.120. The summed E-state index contributed by atoms with van der Waals surface area (Å²) < 4.78 is 0. The van der Waals surface area contributed by atoms with E-state index in [9.17, 15) is 4.79 Å². The Hall–Kier alpha value is -1.35. The third-order valence-electron chi connectivity index (χ3n) is 3.15. The highest BCUT2D eigenvalue weighted by atomic mass is 16.1. The second-order valence-electron chi connectivity index (χ2n) is 5.44. The summed E-state index contributed by atoms with van der Waals surface area (Å²) in [6.07, 6.45) is 3.94. The maximum absolute atomic E-state index is 11.7. The van der Waals surface area contributed by atoms with Crippen LogP contribution in [0, 0.1) is 5.92 Å². The van der Waals surface area contributed by atoms with Crippen molar-refractivity contribution in [2.24, 2.45) is 11.7 Å². The summed E-state index contributed by atoms with van der Waals surface area (Å²) in [4.78, 5) is 11.7. The molecule has 0 spiro atoms. The van der Waals surface area contributed by atoms with Gasteiger partial charge in [-0.3, -0.25) is 4.79 Å². The molecule has 3 N–H and O–H groups in total. The van der Waals surface area contributed by atoms with E-state index in [2.05, 4.69) is 19.2 Å². The number of hydrogen-bond acceptors (Lipinski definition) is 2. The average Bonchev–Trinajstić information content (AvgIpc) is 2.39. The topological polar surface area (TPSA) is 55.1 Å². The molecular formula is C16H26N2O. The highest BCUT2D eigenvalue weighted by Gasteiger charge is 2.03. The first-order valence-electron chi connectivity index (χ1n) is 7.16. The molecule has 0 radical (unpaired) electrons. The fraction of sp³-hybridized carbons (Fsp3) is 0.562. The lowest BCUT2D eigenvalue weighted by Crippen LogP contribution is -2.26. The van der Waals surface area contributed by atoms with Crippen molar-refractivity contribution in [3.05, 3.63) is 35.4 Å². The van der Waals surface area contributed by atoms with Crippen molar-refractivity contribution < 1.29 is 4.79 Å². The molecule has 0 unspecified atom stereocenters. The molecule has 1 rings (SSSR count). The van der Waals surface area contributed by atoms with Crippen LogP contribution < -0.4 is 11.1 Å². The number of carbonyl (C=O) groups excluding carboxylic acids is 1. The molecule has 0 heterocycles. The van der Waals surface area contributed by atoms with Gasteiger partial charge in [0.15, 0.2) is 0 Å². The lowest BCUT2D eigenvalue weighted by Gasteiger charge is -2.07. The number of unbranched alkanes of at least 4 members (excludes halogenated alkanes) is 1. The first-order chi connectivity index (χ1) is 9.11. The van der Waals surface area contributed by atoms with Gasteiger partial charge in [-0.2, -0.15) is 0 Å². The summed E-state index contributed by atoms with van der Waals surface area (Å²) in [5, 5.41) is 2.97. The van der Waals surface area contributed by atoms with Crippen molar-refractivity contribution in [3.63, 3.8) is 0 Å². The van der Waals surface area contributed by atoms with Gasteiger partial charge in [-0.05, 0) is 23.5 Å². The molecule has 0 atom stereocenters. The van der Waals surface area contributed by atoms with Crippen molar-refractivity contribution in [2.75, 3.05) is 6.54 Å². The van der Waals surface area contributed by atoms with Gasteiger partial charge in [0.05, 0.1) is 6.42 Å². The second-order valence-corrected chi connectivity index (χ2v) is 5.44. The van der Waals surface area contributed by atoms with Crippen molar-refractivity contribution in [2.45, 2.75) is 46.1 Å². The molecule has 3 nitrogen and oxygen atoms in total. The van der Waals surface area contributed by atoms with Gasteiger partial charge in [0.1, 0.15) is 0 Å². The van der Waals surface area contributed by atoms with Crippen molar-refractivity contribution in [1.82, 2.24) is 5.32 Å². The monoisotopic (exact) mass is 262 g/mol. The van der Waals surface area contributed by atoms with Crippen LogP contribution in [-0.2, 0) is 17.8 Å². The predicted molar refractivity (Wildman–Crippen MR) is 79.7 cm³/mol. The summed E-state index contributed by atoms with van der Waals surface area (Å²) in [6.45, 7) is 5.78. The van der Waals surface area contributed by atoms with Gasteiger partial charge in [0, 0.05) is 13.1 Å². The Labute approximate surface area is 116 Å². The Morgan fingerprint density at radius 3 is 2.37 bits per heavy atom. The Morgan fingerprint density at radius 2 is 1.79 bits per heavy atom. The molecule has 1 amide bonds. The molecular weight excluding hydrogens is 236 g/mol. The number of nitrogens with two attached hydrogens (primary N) is 1. The van der Waals surface area contributed by atoms with Crippen LogP contribution in [0.5, 0.6) is 0 Å². The minimum atomic E-state index is 0.102. The number of hydrogen-bond donors (Lipinski definition) is 2. The van der Waals surface area contributed by atoms with Crippen molar-refractivity contribution in [1.29, 1.82) is 0 Å². The van der Waals surface area contributed by atoms with Gasteiger partial charge >= 0.3 is 0 Å². The first kappa shape index (κ1) is 15.7. The molecule has 0 aliphatic heterocycles. The van der Waals surface area contributed by atoms with Gasteiger partial charge in [0.2, 0.25) is 5.91 Å². The summed E-state index contributed by atoms with van der Waals surface area (Å²) in [5.74, 6) is 0.849. The van der Waals surface area contributed by atoms with E-state index >= 15 is 0 Å². The zero-order valence-corrected chi connectivity index (χ0v) is 12.1. The molecule has 0 fully saturated rings. The average molecular weight is 262 g/mol. The van der Waals surface area contributed by atoms with Crippen molar-refractivity contribution in [3.8, 4) is 0 Å². The molecule has 0 aliphatic carbocycles. The normalized spacial score (nSPS) is 10.7. The van der Waals surface area contributed by atoms with Gasteiger partial charge in [-0.1, -0.05) is 51.0 Å². The van der Waals surface area contributed by atoms with E-state index < -0.39 is 0 Å². The molecule has 1 aromatic carbocycles. The zero-order valence-electron chi connectivity index (χ0n) is 12.1. The Morgan fingerprint density at radius 1 is 1.16 bits per heavy atom. The second kappa shape index (κ2) is 8.70. The van der Waals surface area contributed by atoms with Crippen LogP contribution in [0.3, 0.4) is 0 Å². The van der Waals surface area contributed by atoms with Crippen LogP contribution in [0.25, 0.3) is 0 Å². The van der Waals surface area contributed by atoms with Crippen LogP contribution in [0.1, 0.15) is 44.2 Å². The number of amides is 1. The number of carbonyl (C=O) groups is 1. The maximum Gasteiger partial charge on any atom is 0.224 e. The quantitative estimate of drug-likeness (QED) is 0.708. The van der Waals surface area contributed by atoms with E-state index in [0.717, 1.165) is 30.0 Å².